The SMILES string of the molecule is CCCCC/C=C\CCCCCCCC(=O)OC[C@H](COC(=O)CCCCCCCCC/C=C\CCCCCCCCCC)OC(=O)CCCCCCCCCCCCCCCCCCC. The molecule has 0 N–H and O–H groups in total. The normalized spacial score (nSPS) is 12.1. The fourth-order valence-corrected chi connectivity index (χ4v) is 8.73. The first kappa shape index (κ1) is 63.9. The molecular formula is C60H112O6. The van der Waals surface area contributed by atoms with E-state index < -0.39 is 6.10 Å². The Morgan fingerprint density at radius 1 is 0.288 bits per heavy atom. The number of ether oxygens (including phenoxy) is 3. The average molecular weight is 930 g/mol. The topological polar surface area (TPSA) is 78.9 Å². The minimum atomic E-state index is -0.772. The molecule has 0 aromatic heterocycles. The Bertz CT molecular complexity index is 1070. The molecule has 0 aliphatic carbocycles. The predicted octanol–water partition coefficient (Wildman–Crippen LogP) is 19.5. The summed E-state index contributed by atoms with van der Waals surface area (Å²) >= 11 is 0. The smallest absolute Gasteiger partial charge is 0.306 e. The molecule has 0 spiro atoms. The summed E-state index contributed by atoms with van der Waals surface area (Å²) in [6.07, 6.45) is 64.6. The van der Waals surface area contributed by atoms with Crippen molar-refractivity contribution in [3.05, 3.63) is 24.3 Å². The van der Waals surface area contributed by atoms with Crippen LogP contribution in [0.15, 0.2) is 24.3 Å². The summed E-state index contributed by atoms with van der Waals surface area (Å²) in [5, 5.41) is 0. The fourth-order valence-electron chi connectivity index (χ4n) is 8.73. The molecule has 0 rings (SSSR count). The van der Waals surface area contributed by atoms with Gasteiger partial charge in [-0.2, -0.15) is 0 Å². The highest BCUT2D eigenvalue weighted by Gasteiger charge is 2.19. The van der Waals surface area contributed by atoms with E-state index in [1.807, 2.05) is 0 Å². The zero-order valence-corrected chi connectivity index (χ0v) is 44.5. The number of esters is 3. The minimum Gasteiger partial charge on any atom is -0.462 e. The van der Waals surface area contributed by atoms with Crippen molar-refractivity contribution in [2.24, 2.45) is 0 Å². The van der Waals surface area contributed by atoms with Crippen molar-refractivity contribution in [1.82, 2.24) is 0 Å². The predicted molar refractivity (Wildman–Crippen MR) is 284 cm³/mol. The van der Waals surface area contributed by atoms with Crippen LogP contribution in [-0.4, -0.2) is 37.2 Å². The van der Waals surface area contributed by atoms with Gasteiger partial charge in [-0.15, -0.1) is 0 Å². The molecule has 6 heteroatoms. The molecule has 0 saturated heterocycles. The van der Waals surface area contributed by atoms with Crippen LogP contribution in [0, 0.1) is 0 Å². The first-order valence-corrected chi connectivity index (χ1v) is 29.3. The quantitative estimate of drug-likeness (QED) is 0.0262. The highest BCUT2D eigenvalue weighted by atomic mass is 16.6. The summed E-state index contributed by atoms with van der Waals surface area (Å²) in [7, 11) is 0. The van der Waals surface area contributed by atoms with E-state index in [1.54, 1.807) is 0 Å². The molecule has 0 fully saturated rings. The summed E-state index contributed by atoms with van der Waals surface area (Å²) in [4.78, 5) is 38.1. The standard InChI is InChI=1S/C60H112O6/c1-4-7-10-13-16-19-22-25-27-29-30-32-33-35-38-41-44-47-50-53-59(62)65-56-57(55-64-58(61)52-49-46-43-40-37-24-21-18-15-12-9-6-3)66-60(63)54-51-48-45-42-39-36-34-31-28-26-23-20-17-14-11-8-5-2/h18,21,29-30,57H,4-17,19-20,22-28,31-56H2,1-3H3/b21-18-,30-29-/t57-/m1/s1. The number of hydrogen-bond donors (Lipinski definition) is 0. The van der Waals surface area contributed by atoms with E-state index in [2.05, 4.69) is 45.1 Å². The monoisotopic (exact) mass is 929 g/mol. The van der Waals surface area contributed by atoms with Crippen molar-refractivity contribution >= 4 is 17.9 Å². The van der Waals surface area contributed by atoms with Crippen molar-refractivity contribution < 1.29 is 28.6 Å². The second kappa shape index (κ2) is 55.5. The van der Waals surface area contributed by atoms with Gasteiger partial charge < -0.3 is 14.2 Å². The Labute approximate surface area is 411 Å². The van der Waals surface area contributed by atoms with E-state index >= 15 is 0 Å². The van der Waals surface area contributed by atoms with Gasteiger partial charge in [0.15, 0.2) is 6.10 Å². The van der Waals surface area contributed by atoms with Crippen LogP contribution in [0.2, 0.25) is 0 Å². The molecule has 0 aromatic rings. The molecule has 66 heavy (non-hydrogen) atoms. The van der Waals surface area contributed by atoms with Crippen LogP contribution in [0.4, 0.5) is 0 Å². The van der Waals surface area contributed by atoms with Crippen LogP contribution in [0.5, 0.6) is 0 Å². The van der Waals surface area contributed by atoms with Crippen LogP contribution in [0.3, 0.4) is 0 Å². The Hall–Kier alpha value is -2.11. The van der Waals surface area contributed by atoms with Gasteiger partial charge >= 0.3 is 17.9 Å². The van der Waals surface area contributed by atoms with E-state index in [0.717, 1.165) is 64.2 Å². The van der Waals surface area contributed by atoms with Crippen LogP contribution in [-0.2, 0) is 28.6 Å². The van der Waals surface area contributed by atoms with E-state index in [9.17, 15) is 14.4 Å². The number of carbonyl (C=O) groups excluding carboxylic acids is 3. The van der Waals surface area contributed by atoms with Crippen LogP contribution < -0.4 is 0 Å². The molecule has 0 amide bonds. The van der Waals surface area contributed by atoms with Gasteiger partial charge in [-0.3, -0.25) is 14.4 Å². The van der Waals surface area contributed by atoms with E-state index in [0.29, 0.717) is 19.3 Å². The molecule has 6 nitrogen and oxygen atoms in total. The molecule has 0 aliphatic rings. The van der Waals surface area contributed by atoms with Gasteiger partial charge in [0.2, 0.25) is 0 Å². The molecule has 0 heterocycles. The maximum atomic E-state index is 12.9. The van der Waals surface area contributed by atoms with Crippen molar-refractivity contribution in [3.8, 4) is 0 Å². The maximum Gasteiger partial charge on any atom is 0.306 e. The molecule has 0 saturated carbocycles. The van der Waals surface area contributed by atoms with E-state index in [-0.39, 0.29) is 31.1 Å². The van der Waals surface area contributed by atoms with Gasteiger partial charge in [0.25, 0.3) is 0 Å². The lowest BCUT2D eigenvalue weighted by Crippen LogP contribution is -2.30. The Morgan fingerprint density at radius 3 is 0.788 bits per heavy atom. The maximum absolute atomic E-state index is 12.9. The van der Waals surface area contributed by atoms with Crippen LogP contribution in [0.1, 0.15) is 323 Å². The zero-order valence-electron chi connectivity index (χ0n) is 44.5. The fraction of sp³-hybridized carbons (Fsp3) is 0.883. The Morgan fingerprint density at radius 2 is 0.500 bits per heavy atom. The highest BCUT2D eigenvalue weighted by molar-refractivity contribution is 5.71. The number of allylic oxidation sites excluding steroid dienone is 4. The lowest BCUT2D eigenvalue weighted by atomic mass is 10.0. The van der Waals surface area contributed by atoms with E-state index in [4.69, 9.17) is 14.2 Å². The molecule has 0 aromatic carbocycles. The molecule has 0 unspecified atom stereocenters. The average Bonchev–Trinajstić information content (AvgIpc) is 3.31. The Kier molecular flexibility index (Phi) is 53.7. The minimum absolute atomic E-state index is 0.0719. The number of hydrogen-bond acceptors (Lipinski definition) is 6. The van der Waals surface area contributed by atoms with Crippen LogP contribution >= 0.6 is 0 Å². The second-order valence-electron chi connectivity index (χ2n) is 19.9. The summed E-state index contributed by atoms with van der Waals surface area (Å²) in [6, 6.07) is 0. The third-order valence-corrected chi connectivity index (χ3v) is 13.2. The lowest BCUT2D eigenvalue weighted by molar-refractivity contribution is -0.167. The molecule has 0 bridgehead atoms. The van der Waals surface area contributed by atoms with Crippen molar-refractivity contribution in [2.75, 3.05) is 13.2 Å². The van der Waals surface area contributed by atoms with Gasteiger partial charge in [0.1, 0.15) is 13.2 Å². The number of rotatable bonds is 54. The van der Waals surface area contributed by atoms with Gasteiger partial charge in [0.05, 0.1) is 0 Å². The number of carbonyl (C=O) groups is 3. The first-order valence-electron chi connectivity index (χ1n) is 29.3. The molecule has 1 atom stereocenters. The van der Waals surface area contributed by atoms with Gasteiger partial charge in [-0.05, 0) is 70.6 Å². The zero-order chi connectivity index (χ0) is 47.9. The van der Waals surface area contributed by atoms with Crippen LogP contribution in [0.25, 0.3) is 0 Å². The second-order valence-corrected chi connectivity index (χ2v) is 19.9. The molecule has 0 aliphatic heterocycles. The summed E-state index contributed by atoms with van der Waals surface area (Å²) in [6.45, 7) is 6.65. The van der Waals surface area contributed by atoms with Crippen molar-refractivity contribution in [2.45, 2.75) is 329 Å². The Balaban J connectivity index is 4.30. The third-order valence-electron chi connectivity index (χ3n) is 13.2. The van der Waals surface area contributed by atoms with Crippen molar-refractivity contribution in [1.29, 1.82) is 0 Å². The third kappa shape index (κ3) is 52.9. The molecule has 388 valence electrons. The van der Waals surface area contributed by atoms with Gasteiger partial charge in [-0.25, -0.2) is 0 Å². The molecular weight excluding hydrogens is 817 g/mol. The summed E-state index contributed by atoms with van der Waals surface area (Å²) < 4.78 is 16.9. The lowest BCUT2D eigenvalue weighted by Gasteiger charge is -2.18. The summed E-state index contributed by atoms with van der Waals surface area (Å²) in [5.41, 5.74) is 0. The first-order chi connectivity index (χ1) is 32.5. The molecule has 0 radical (unpaired) electrons. The van der Waals surface area contributed by atoms with E-state index in [1.165, 1.54) is 218 Å². The number of unbranched alkanes of at least 4 members (excludes halogenated alkanes) is 39. The van der Waals surface area contributed by atoms with Gasteiger partial charge in [0, 0.05) is 19.3 Å². The largest absolute Gasteiger partial charge is 0.462 e. The summed E-state index contributed by atoms with van der Waals surface area (Å²) in [5.74, 6) is -0.865. The van der Waals surface area contributed by atoms with Crippen molar-refractivity contribution in [3.63, 3.8) is 0 Å². The highest BCUT2D eigenvalue weighted by Crippen LogP contribution is 2.17. The van der Waals surface area contributed by atoms with Gasteiger partial charge in [-0.1, -0.05) is 257 Å².